The topological polar surface area (TPSA) is 82.0 Å². The maximum Gasteiger partial charge on any atom is 0.194 e. The highest BCUT2D eigenvalue weighted by Gasteiger charge is 2.21. The summed E-state index contributed by atoms with van der Waals surface area (Å²) in [5.41, 5.74) is 0. The molecule has 0 fully saturated rings. The normalized spacial score (nSPS) is 13.6. The second kappa shape index (κ2) is 9.70. The van der Waals surface area contributed by atoms with Crippen molar-refractivity contribution >= 4 is 50.1 Å². The van der Waals surface area contributed by atoms with Gasteiger partial charge < -0.3 is 15.3 Å². The molecule has 2 aromatic rings. The van der Waals surface area contributed by atoms with Crippen molar-refractivity contribution in [3.63, 3.8) is 0 Å². The number of nitrogens with one attached hydrogen (secondary N) is 1. The van der Waals surface area contributed by atoms with Gasteiger partial charge in [-0.3, -0.25) is 4.99 Å². The van der Waals surface area contributed by atoms with E-state index in [9.17, 15) is 13.5 Å². The Morgan fingerprint density at radius 1 is 1.42 bits per heavy atom. The molecule has 2 rings (SSSR count). The maximum atomic E-state index is 12.2. The molecule has 0 spiro atoms. The van der Waals surface area contributed by atoms with Gasteiger partial charge in [0.05, 0.1) is 29.3 Å². The van der Waals surface area contributed by atoms with E-state index in [1.165, 1.54) is 11.3 Å². The highest BCUT2D eigenvalue weighted by molar-refractivity contribution is 7.93. The zero-order valence-corrected chi connectivity index (χ0v) is 17.8. The first-order valence-corrected chi connectivity index (χ1v) is 11.7. The maximum absolute atomic E-state index is 12.2. The van der Waals surface area contributed by atoms with Crippen LogP contribution in [0, 0.1) is 0 Å². The fourth-order valence-corrected chi connectivity index (χ4v) is 5.84. The largest absolute Gasteiger partial charge is 0.390 e. The smallest absolute Gasteiger partial charge is 0.194 e. The molecule has 0 saturated heterocycles. The van der Waals surface area contributed by atoms with Crippen molar-refractivity contribution in [2.45, 2.75) is 23.8 Å². The second-order valence-electron chi connectivity index (χ2n) is 5.62. The number of nitrogens with zero attached hydrogens (tertiary/aromatic N) is 2. The fourth-order valence-electron chi connectivity index (χ4n) is 2.24. The Morgan fingerprint density at radius 3 is 2.77 bits per heavy atom. The van der Waals surface area contributed by atoms with E-state index >= 15 is 0 Å². The Morgan fingerprint density at radius 2 is 2.19 bits per heavy atom. The molecule has 0 bridgehead atoms. The number of rotatable bonds is 8. The van der Waals surface area contributed by atoms with Gasteiger partial charge in [-0.2, -0.15) is 0 Å². The predicted molar refractivity (Wildman–Crippen MR) is 109 cm³/mol. The van der Waals surface area contributed by atoms with Crippen LogP contribution in [-0.2, 0) is 16.4 Å². The molecule has 0 amide bonds. The molecule has 1 atom stereocenters. The van der Waals surface area contributed by atoms with Crippen LogP contribution in [0.3, 0.4) is 0 Å². The average Bonchev–Trinajstić information content (AvgIpc) is 3.23. The minimum absolute atomic E-state index is 0.00246. The molecule has 0 aliphatic carbocycles. The van der Waals surface area contributed by atoms with Crippen LogP contribution >= 0.6 is 34.3 Å². The van der Waals surface area contributed by atoms with E-state index in [1.54, 1.807) is 17.5 Å². The summed E-state index contributed by atoms with van der Waals surface area (Å²) in [6.45, 7) is 3.23. The summed E-state index contributed by atoms with van der Waals surface area (Å²) < 4.78 is 25.4. The number of guanidine groups is 1. The minimum atomic E-state index is -3.49. The summed E-state index contributed by atoms with van der Waals surface area (Å²) in [5, 5.41) is 15.0. The molecule has 0 aliphatic heterocycles. The second-order valence-corrected chi connectivity index (χ2v) is 10.6. The summed E-state index contributed by atoms with van der Waals surface area (Å²) in [4.78, 5) is 7.37. The van der Waals surface area contributed by atoms with Crippen LogP contribution in [0.5, 0.6) is 0 Å². The Labute approximate surface area is 167 Å². The molecule has 0 aromatic carbocycles. The molecule has 2 heterocycles. The Kier molecular flexibility index (Phi) is 7.90. The summed E-state index contributed by atoms with van der Waals surface area (Å²) in [6, 6.07) is 7.02. The number of aliphatic imine (C=N–C) groups is 1. The molecule has 2 N–H and O–H groups in total. The molecular weight excluding hydrogens is 414 g/mol. The van der Waals surface area contributed by atoms with Gasteiger partial charge in [0.1, 0.15) is 4.21 Å². The van der Waals surface area contributed by atoms with E-state index in [-0.39, 0.29) is 16.5 Å². The molecule has 0 aliphatic rings. The van der Waals surface area contributed by atoms with Crippen molar-refractivity contribution in [1.82, 2.24) is 10.2 Å². The molecule has 144 valence electrons. The zero-order valence-electron chi connectivity index (χ0n) is 14.6. The predicted octanol–water partition coefficient (Wildman–Crippen LogP) is 2.70. The number of aliphatic hydroxyl groups excluding tert-OH is 1. The van der Waals surface area contributed by atoms with Gasteiger partial charge in [-0.05, 0) is 30.5 Å². The quantitative estimate of drug-likeness (QED) is 0.492. The monoisotopic (exact) mass is 435 g/mol. The van der Waals surface area contributed by atoms with Crippen LogP contribution < -0.4 is 5.32 Å². The molecule has 0 radical (unpaired) electrons. The Bertz CT molecular complexity index is 819. The number of halogens is 1. The van der Waals surface area contributed by atoms with Crippen LogP contribution in [-0.4, -0.2) is 56.4 Å². The number of aliphatic hydroxyl groups is 1. The van der Waals surface area contributed by atoms with E-state index < -0.39 is 15.9 Å². The lowest BCUT2D eigenvalue weighted by Gasteiger charge is -2.22. The van der Waals surface area contributed by atoms with Crippen molar-refractivity contribution in [1.29, 1.82) is 0 Å². The number of hydrogen-bond donors (Lipinski definition) is 2. The van der Waals surface area contributed by atoms with Gasteiger partial charge in [0.15, 0.2) is 15.8 Å². The van der Waals surface area contributed by atoms with Crippen LogP contribution in [0.2, 0.25) is 4.34 Å². The van der Waals surface area contributed by atoms with E-state index in [2.05, 4.69) is 10.3 Å². The van der Waals surface area contributed by atoms with E-state index in [4.69, 9.17) is 11.6 Å². The summed E-state index contributed by atoms with van der Waals surface area (Å²) in [5.74, 6) is 0.255. The summed E-state index contributed by atoms with van der Waals surface area (Å²) in [6.07, 6.45) is -1.07. The van der Waals surface area contributed by atoms with Crippen molar-refractivity contribution in [2.75, 3.05) is 25.9 Å². The summed E-state index contributed by atoms with van der Waals surface area (Å²) >= 11 is 8.60. The Hall–Kier alpha value is -1.13. The van der Waals surface area contributed by atoms with Gasteiger partial charge in [-0.25, -0.2) is 8.42 Å². The third-order valence-corrected chi connectivity index (χ3v) is 7.88. The lowest BCUT2D eigenvalue weighted by molar-refractivity contribution is 0.205. The molecule has 26 heavy (non-hydrogen) atoms. The summed E-state index contributed by atoms with van der Waals surface area (Å²) in [7, 11) is -1.61. The highest BCUT2D eigenvalue weighted by Crippen LogP contribution is 2.22. The van der Waals surface area contributed by atoms with E-state index in [0.717, 1.165) is 20.6 Å². The first kappa shape index (κ1) is 21.2. The lowest BCUT2D eigenvalue weighted by atomic mass is 10.4. The fraction of sp³-hybridized carbons (Fsp3) is 0.438. The standard InChI is InChI=1S/C16H22ClN3O3S3/c1-3-18-16(20(2)10-13-6-7-14(17)25-13)19-9-12(21)11-26(22,23)15-5-4-8-24-15/h4-8,12,21H,3,9-11H2,1-2H3,(H,18,19). The van der Waals surface area contributed by atoms with Gasteiger partial charge in [0.2, 0.25) is 0 Å². The van der Waals surface area contributed by atoms with Gasteiger partial charge >= 0.3 is 0 Å². The highest BCUT2D eigenvalue weighted by atomic mass is 35.5. The van der Waals surface area contributed by atoms with Crippen molar-refractivity contribution in [3.8, 4) is 0 Å². The van der Waals surface area contributed by atoms with Gasteiger partial charge in [-0.15, -0.1) is 22.7 Å². The Balaban J connectivity index is 1.98. The van der Waals surface area contributed by atoms with Crippen LogP contribution in [0.4, 0.5) is 0 Å². The minimum Gasteiger partial charge on any atom is -0.390 e. The first-order chi connectivity index (χ1) is 12.3. The SMILES string of the molecule is CCNC(=NCC(O)CS(=O)(=O)c1cccs1)N(C)Cc1ccc(Cl)s1. The number of thiophene rings is 2. The third kappa shape index (κ3) is 6.24. The molecule has 6 nitrogen and oxygen atoms in total. The van der Waals surface area contributed by atoms with E-state index in [1.807, 2.05) is 31.0 Å². The molecular formula is C16H22ClN3O3S3. The van der Waals surface area contributed by atoms with Crippen molar-refractivity contribution in [2.24, 2.45) is 4.99 Å². The van der Waals surface area contributed by atoms with Crippen molar-refractivity contribution < 1.29 is 13.5 Å². The van der Waals surface area contributed by atoms with Gasteiger partial charge in [0, 0.05) is 18.5 Å². The van der Waals surface area contributed by atoms with Crippen molar-refractivity contribution in [3.05, 3.63) is 38.9 Å². The van der Waals surface area contributed by atoms with E-state index in [0.29, 0.717) is 19.0 Å². The average molecular weight is 436 g/mol. The third-order valence-electron chi connectivity index (χ3n) is 3.38. The molecule has 10 heteroatoms. The van der Waals surface area contributed by atoms with Gasteiger partial charge in [0.25, 0.3) is 0 Å². The molecule has 1 unspecified atom stereocenters. The number of sulfone groups is 1. The van der Waals surface area contributed by atoms with Crippen LogP contribution in [0.1, 0.15) is 11.8 Å². The first-order valence-electron chi connectivity index (χ1n) is 8.00. The molecule has 0 saturated carbocycles. The molecule has 2 aromatic heterocycles. The number of hydrogen-bond acceptors (Lipinski definition) is 6. The van der Waals surface area contributed by atoms with Crippen LogP contribution in [0.15, 0.2) is 38.8 Å². The lowest BCUT2D eigenvalue weighted by Crippen LogP contribution is -2.39. The zero-order chi connectivity index (χ0) is 19.2. The van der Waals surface area contributed by atoms with Gasteiger partial charge in [-0.1, -0.05) is 17.7 Å². The van der Waals surface area contributed by atoms with Crippen LogP contribution in [0.25, 0.3) is 0 Å².